The molecule has 1 amide bonds. The molecule has 5 heteroatoms. The van der Waals surface area contributed by atoms with Crippen LogP contribution in [0.25, 0.3) is 0 Å². The summed E-state index contributed by atoms with van der Waals surface area (Å²) in [6.45, 7) is 4.39. The molecular weight excluding hydrogens is 304 g/mol. The first-order valence-electron chi connectivity index (χ1n) is 8.06. The van der Waals surface area contributed by atoms with Crippen LogP contribution in [0, 0.1) is 5.41 Å². The van der Waals surface area contributed by atoms with Gasteiger partial charge in [0.05, 0.1) is 17.7 Å². The molecule has 0 unspecified atom stereocenters. The zero-order valence-electron chi connectivity index (χ0n) is 14.2. The Kier molecular flexibility index (Phi) is 4.28. The van der Waals surface area contributed by atoms with Crippen LogP contribution in [0.3, 0.4) is 0 Å². The van der Waals surface area contributed by atoms with E-state index in [0.717, 1.165) is 24.1 Å². The zero-order chi connectivity index (χ0) is 17.3. The Morgan fingerprint density at radius 2 is 2.00 bits per heavy atom. The van der Waals surface area contributed by atoms with Crippen molar-refractivity contribution >= 4 is 17.4 Å². The summed E-state index contributed by atoms with van der Waals surface area (Å²) < 4.78 is 5.07. The molecular formula is C19H22N2O3. The van der Waals surface area contributed by atoms with Gasteiger partial charge in [-0.3, -0.25) is 9.59 Å². The van der Waals surface area contributed by atoms with Gasteiger partial charge in [-0.15, -0.1) is 0 Å². The molecule has 0 spiro atoms. The van der Waals surface area contributed by atoms with Gasteiger partial charge in [-0.1, -0.05) is 26.0 Å². The van der Waals surface area contributed by atoms with E-state index in [1.54, 1.807) is 13.3 Å². The van der Waals surface area contributed by atoms with Crippen molar-refractivity contribution in [1.29, 1.82) is 0 Å². The molecule has 0 saturated carbocycles. The second-order valence-electron chi connectivity index (χ2n) is 6.85. The quantitative estimate of drug-likeness (QED) is 0.902. The molecule has 24 heavy (non-hydrogen) atoms. The van der Waals surface area contributed by atoms with E-state index in [2.05, 4.69) is 10.3 Å². The van der Waals surface area contributed by atoms with Gasteiger partial charge in [-0.25, -0.2) is 0 Å². The lowest BCUT2D eigenvalue weighted by Crippen LogP contribution is -2.31. The van der Waals surface area contributed by atoms with Crippen LogP contribution in [0.1, 0.15) is 52.2 Å². The van der Waals surface area contributed by atoms with Crippen molar-refractivity contribution < 1.29 is 14.3 Å². The minimum Gasteiger partial charge on any atom is -0.380 e. The maximum Gasteiger partial charge on any atom is 0.257 e. The summed E-state index contributed by atoms with van der Waals surface area (Å²) >= 11 is 0. The van der Waals surface area contributed by atoms with E-state index in [0.29, 0.717) is 23.4 Å². The zero-order valence-corrected chi connectivity index (χ0v) is 14.2. The number of nitrogens with one attached hydrogen (secondary N) is 2. The first kappa shape index (κ1) is 16.5. The molecule has 2 aromatic rings. The predicted molar refractivity (Wildman–Crippen MR) is 92.3 cm³/mol. The molecule has 1 aromatic heterocycles. The SMILES string of the molecule is COCc1ccc(NC(=O)c2c[nH]c3c2C(=O)C(C)(C)CC3)cc1. The van der Waals surface area contributed by atoms with Gasteiger partial charge >= 0.3 is 0 Å². The Labute approximate surface area is 141 Å². The molecule has 0 saturated heterocycles. The monoisotopic (exact) mass is 326 g/mol. The number of ketones is 1. The van der Waals surface area contributed by atoms with Crippen LogP contribution in [0.15, 0.2) is 30.5 Å². The van der Waals surface area contributed by atoms with E-state index >= 15 is 0 Å². The topological polar surface area (TPSA) is 71.2 Å². The van der Waals surface area contributed by atoms with Crippen LogP contribution < -0.4 is 5.32 Å². The third kappa shape index (κ3) is 2.99. The second kappa shape index (κ2) is 6.24. The van der Waals surface area contributed by atoms with Crippen molar-refractivity contribution in [3.63, 3.8) is 0 Å². The molecule has 126 valence electrons. The Hall–Kier alpha value is -2.40. The van der Waals surface area contributed by atoms with Gasteiger partial charge in [0, 0.05) is 30.1 Å². The molecule has 1 heterocycles. The summed E-state index contributed by atoms with van der Waals surface area (Å²) in [5.74, 6) is -0.233. The number of aromatic nitrogens is 1. The number of anilines is 1. The fourth-order valence-electron chi connectivity index (χ4n) is 3.04. The molecule has 0 aliphatic heterocycles. The van der Waals surface area contributed by atoms with E-state index in [1.165, 1.54) is 0 Å². The van der Waals surface area contributed by atoms with Gasteiger partial charge in [0.2, 0.25) is 0 Å². The normalized spacial score (nSPS) is 15.9. The molecule has 3 rings (SSSR count). The summed E-state index contributed by atoms with van der Waals surface area (Å²) in [4.78, 5) is 28.4. The highest BCUT2D eigenvalue weighted by Gasteiger charge is 2.37. The average molecular weight is 326 g/mol. The fraction of sp³-hybridized carbons (Fsp3) is 0.368. The molecule has 0 fully saturated rings. The van der Waals surface area contributed by atoms with E-state index in [-0.39, 0.29) is 11.7 Å². The maximum atomic E-state index is 12.7. The largest absolute Gasteiger partial charge is 0.380 e. The summed E-state index contributed by atoms with van der Waals surface area (Å²) in [5, 5.41) is 2.86. The van der Waals surface area contributed by atoms with Crippen molar-refractivity contribution in [2.45, 2.75) is 33.3 Å². The van der Waals surface area contributed by atoms with E-state index in [1.807, 2.05) is 38.1 Å². The highest BCUT2D eigenvalue weighted by molar-refractivity contribution is 6.15. The number of aromatic amines is 1. The van der Waals surface area contributed by atoms with Crippen LogP contribution in [0.2, 0.25) is 0 Å². The first-order chi connectivity index (χ1) is 11.4. The minimum atomic E-state index is -0.425. The third-order valence-electron chi connectivity index (χ3n) is 4.57. The summed E-state index contributed by atoms with van der Waals surface area (Å²) in [6, 6.07) is 7.47. The van der Waals surface area contributed by atoms with Gasteiger partial charge in [-0.05, 0) is 30.5 Å². The summed E-state index contributed by atoms with van der Waals surface area (Å²) in [6.07, 6.45) is 3.22. The maximum absolute atomic E-state index is 12.7. The van der Waals surface area contributed by atoms with Crippen molar-refractivity contribution in [1.82, 2.24) is 4.98 Å². The number of benzene rings is 1. The van der Waals surface area contributed by atoms with Crippen molar-refractivity contribution in [2.24, 2.45) is 5.41 Å². The number of carbonyl (C=O) groups is 2. The smallest absolute Gasteiger partial charge is 0.257 e. The number of rotatable bonds is 4. The van der Waals surface area contributed by atoms with E-state index in [4.69, 9.17) is 4.74 Å². The van der Waals surface area contributed by atoms with Crippen molar-refractivity contribution in [3.8, 4) is 0 Å². The molecule has 2 N–H and O–H groups in total. The Balaban J connectivity index is 1.82. The lowest BCUT2D eigenvalue weighted by molar-refractivity contribution is 0.0805. The lowest BCUT2D eigenvalue weighted by atomic mass is 9.74. The number of fused-ring (bicyclic) bond motifs is 1. The standard InChI is InChI=1S/C19H22N2O3/c1-19(2)9-8-15-16(17(19)22)14(10-20-15)18(23)21-13-6-4-12(5-7-13)11-24-3/h4-7,10,20H,8-9,11H2,1-3H3,(H,21,23). The van der Waals surface area contributed by atoms with Crippen LogP contribution in [-0.4, -0.2) is 23.8 Å². The van der Waals surface area contributed by atoms with Gasteiger partial charge < -0.3 is 15.0 Å². The van der Waals surface area contributed by atoms with Crippen molar-refractivity contribution in [3.05, 3.63) is 52.8 Å². The molecule has 0 bridgehead atoms. The number of hydrogen-bond donors (Lipinski definition) is 2. The highest BCUT2D eigenvalue weighted by atomic mass is 16.5. The minimum absolute atomic E-state index is 0.0330. The molecule has 0 atom stereocenters. The van der Waals surface area contributed by atoms with Gasteiger partial charge in [0.1, 0.15) is 0 Å². The van der Waals surface area contributed by atoms with Crippen LogP contribution in [-0.2, 0) is 17.8 Å². The number of H-pyrrole nitrogens is 1. The molecule has 1 aliphatic rings. The number of aryl methyl sites for hydroxylation is 1. The second-order valence-corrected chi connectivity index (χ2v) is 6.85. The summed E-state index contributed by atoms with van der Waals surface area (Å²) in [7, 11) is 1.64. The van der Waals surface area contributed by atoms with Crippen LogP contribution in [0.5, 0.6) is 0 Å². The highest BCUT2D eigenvalue weighted by Crippen LogP contribution is 2.36. The van der Waals surface area contributed by atoms with Gasteiger partial charge in [0.25, 0.3) is 5.91 Å². The van der Waals surface area contributed by atoms with Crippen molar-refractivity contribution in [2.75, 3.05) is 12.4 Å². The molecule has 5 nitrogen and oxygen atoms in total. The number of Topliss-reactive ketones (excluding diaryl/α,β-unsaturated/α-hetero) is 1. The number of hydrogen-bond acceptors (Lipinski definition) is 3. The molecule has 0 radical (unpaired) electrons. The fourth-order valence-corrected chi connectivity index (χ4v) is 3.04. The number of carbonyl (C=O) groups excluding carboxylic acids is 2. The number of amides is 1. The first-order valence-corrected chi connectivity index (χ1v) is 8.06. The van der Waals surface area contributed by atoms with Gasteiger partial charge in [0.15, 0.2) is 5.78 Å². The predicted octanol–water partition coefficient (Wildman–Crippen LogP) is 3.57. The Morgan fingerprint density at radius 1 is 1.29 bits per heavy atom. The summed E-state index contributed by atoms with van der Waals surface area (Å²) in [5.41, 5.74) is 3.12. The lowest BCUT2D eigenvalue weighted by Gasteiger charge is -2.28. The number of methoxy groups -OCH3 is 1. The van der Waals surface area contributed by atoms with Crippen LogP contribution >= 0.6 is 0 Å². The van der Waals surface area contributed by atoms with E-state index < -0.39 is 5.41 Å². The van der Waals surface area contributed by atoms with E-state index in [9.17, 15) is 9.59 Å². The molecule has 1 aliphatic carbocycles. The molecule has 1 aromatic carbocycles. The van der Waals surface area contributed by atoms with Crippen LogP contribution in [0.4, 0.5) is 5.69 Å². The third-order valence-corrected chi connectivity index (χ3v) is 4.57. The van der Waals surface area contributed by atoms with Gasteiger partial charge in [-0.2, -0.15) is 0 Å². The number of ether oxygens (including phenoxy) is 1. The average Bonchev–Trinajstić information content (AvgIpc) is 2.98. The Morgan fingerprint density at radius 3 is 2.67 bits per heavy atom. The Bertz CT molecular complexity index is 772.